The third-order valence-electron chi connectivity index (χ3n) is 2.94. The maximum Gasteiger partial charge on any atom is 0.120 e. The minimum absolute atomic E-state index is 0.383. The Balaban J connectivity index is 2.08. The monoisotopic (exact) mass is 230 g/mol. The van der Waals surface area contributed by atoms with E-state index >= 15 is 0 Å². The lowest BCUT2D eigenvalue weighted by molar-refractivity contribution is 0.225. The molecule has 0 bridgehead atoms. The Hall–Kier alpha value is -1.68. The summed E-state index contributed by atoms with van der Waals surface area (Å²) in [6.45, 7) is 3.01. The van der Waals surface area contributed by atoms with Crippen LogP contribution >= 0.6 is 0 Å². The van der Waals surface area contributed by atoms with Gasteiger partial charge in [0.15, 0.2) is 0 Å². The molecule has 0 aliphatic rings. The smallest absolute Gasteiger partial charge is 0.120 e. The van der Waals surface area contributed by atoms with Crippen LogP contribution in [0.5, 0.6) is 0 Å². The van der Waals surface area contributed by atoms with Crippen LogP contribution in [0.25, 0.3) is 0 Å². The van der Waals surface area contributed by atoms with Gasteiger partial charge in [0.05, 0.1) is 6.54 Å². The Labute approximate surface area is 102 Å². The van der Waals surface area contributed by atoms with Crippen molar-refractivity contribution in [3.8, 4) is 0 Å². The lowest BCUT2D eigenvalue weighted by atomic mass is 10.1. The highest BCUT2D eigenvalue weighted by atomic mass is 15.1. The summed E-state index contributed by atoms with van der Waals surface area (Å²) in [7, 11) is 2.11. The standard InChI is InChI=1S/C13H18N4/c1-3-12(11-5-4-6-14-9-11)17(2)10-13-15-7-8-16-13/h4-9,12H,3,10H2,1-2H3,(H,15,16)/t12-/m0/s1. The highest BCUT2D eigenvalue weighted by Gasteiger charge is 2.15. The Morgan fingerprint density at radius 1 is 1.41 bits per heavy atom. The third-order valence-corrected chi connectivity index (χ3v) is 2.94. The van der Waals surface area contributed by atoms with Crippen LogP contribution in [0.4, 0.5) is 0 Å². The number of nitrogens with one attached hydrogen (secondary N) is 1. The number of pyridine rings is 1. The average molecular weight is 230 g/mol. The van der Waals surface area contributed by atoms with E-state index in [9.17, 15) is 0 Å². The normalized spacial score (nSPS) is 12.9. The molecule has 0 saturated carbocycles. The van der Waals surface area contributed by atoms with Gasteiger partial charge in [0, 0.05) is 30.8 Å². The molecule has 0 unspecified atom stereocenters. The van der Waals surface area contributed by atoms with Gasteiger partial charge in [-0.15, -0.1) is 0 Å². The number of hydrogen-bond donors (Lipinski definition) is 1. The topological polar surface area (TPSA) is 44.8 Å². The molecule has 2 aromatic heterocycles. The number of nitrogens with zero attached hydrogens (tertiary/aromatic N) is 3. The van der Waals surface area contributed by atoms with Crippen molar-refractivity contribution in [2.24, 2.45) is 0 Å². The van der Waals surface area contributed by atoms with Gasteiger partial charge in [-0.1, -0.05) is 13.0 Å². The molecule has 90 valence electrons. The van der Waals surface area contributed by atoms with E-state index in [-0.39, 0.29) is 0 Å². The molecule has 2 aromatic rings. The minimum Gasteiger partial charge on any atom is -0.348 e. The lowest BCUT2D eigenvalue weighted by Gasteiger charge is -2.26. The van der Waals surface area contributed by atoms with Crippen molar-refractivity contribution in [1.29, 1.82) is 0 Å². The SMILES string of the molecule is CC[C@@H](c1cccnc1)N(C)Cc1ncc[nH]1. The maximum absolute atomic E-state index is 4.25. The van der Waals surface area contributed by atoms with Crippen LogP contribution in [0.2, 0.25) is 0 Å². The Morgan fingerprint density at radius 2 is 2.29 bits per heavy atom. The van der Waals surface area contributed by atoms with Crippen LogP contribution in [0.15, 0.2) is 36.9 Å². The second kappa shape index (κ2) is 5.59. The molecule has 0 aliphatic heterocycles. The van der Waals surface area contributed by atoms with Crippen LogP contribution in [0.1, 0.15) is 30.8 Å². The van der Waals surface area contributed by atoms with Gasteiger partial charge in [-0.25, -0.2) is 4.98 Å². The van der Waals surface area contributed by atoms with E-state index < -0.39 is 0 Å². The molecule has 4 heteroatoms. The molecule has 4 nitrogen and oxygen atoms in total. The quantitative estimate of drug-likeness (QED) is 0.857. The van der Waals surface area contributed by atoms with Gasteiger partial charge in [0.1, 0.15) is 5.82 Å². The zero-order valence-electron chi connectivity index (χ0n) is 10.3. The first-order chi connectivity index (χ1) is 8.31. The van der Waals surface area contributed by atoms with Crippen LogP contribution in [-0.4, -0.2) is 26.9 Å². The molecular formula is C13H18N4. The van der Waals surface area contributed by atoms with Crippen molar-refractivity contribution in [2.45, 2.75) is 25.9 Å². The summed E-state index contributed by atoms with van der Waals surface area (Å²) in [5.41, 5.74) is 1.25. The fourth-order valence-electron chi connectivity index (χ4n) is 2.11. The van der Waals surface area contributed by atoms with E-state index in [4.69, 9.17) is 0 Å². The Morgan fingerprint density at radius 3 is 2.88 bits per heavy atom. The Bertz CT molecular complexity index is 424. The van der Waals surface area contributed by atoms with Crippen molar-refractivity contribution in [3.63, 3.8) is 0 Å². The molecule has 0 amide bonds. The van der Waals surface area contributed by atoms with Crippen molar-refractivity contribution < 1.29 is 0 Å². The first kappa shape index (κ1) is 11.8. The largest absolute Gasteiger partial charge is 0.348 e. The van der Waals surface area contributed by atoms with Gasteiger partial charge in [-0.05, 0) is 25.1 Å². The van der Waals surface area contributed by atoms with Gasteiger partial charge in [0.25, 0.3) is 0 Å². The zero-order valence-corrected chi connectivity index (χ0v) is 10.3. The second-order valence-corrected chi connectivity index (χ2v) is 4.16. The highest BCUT2D eigenvalue weighted by molar-refractivity contribution is 5.13. The van der Waals surface area contributed by atoms with Gasteiger partial charge in [0.2, 0.25) is 0 Å². The minimum atomic E-state index is 0.383. The van der Waals surface area contributed by atoms with Crippen LogP contribution in [-0.2, 0) is 6.54 Å². The van der Waals surface area contributed by atoms with Crippen molar-refractivity contribution in [1.82, 2.24) is 19.9 Å². The van der Waals surface area contributed by atoms with E-state index in [1.54, 1.807) is 6.20 Å². The van der Waals surface area contributed by atoms with Crippen molar-refractivity contribution in [3.05, 3.63) is 48.3 Å². The molecule has 2 rings (SSSR count). The number of aromatic nitrogens is 3. The van der Waals surface area contributed by atoms with E-state index in [2.05, 4.69) is 39.9 Å². The van der Waals surface area contributed by atoms with Gasteiger partial charge in [-0.3, -0.25) is 9.88 Å². The van der Waals surface area contributed by atoms with Crippen molar-refractivity contribution >= 4 is 0 Å². The summed E-state index contributed by atoms with van der Waals surface area (Å²) in [6, 6.07) is 4.49. The highest BCUT2D eigenvalue weighted by Crippen LogP contribution is 2.22. The Kier molecular flexibility index (Phi) is 3.88. The van der Waals surface area contributed by atoms with Gasteiger partial charge < -0.3 is 4.98 Å². The first-order valence-electron chi connectivity index (χ1n) is 5.89. The fraction of sp³-hybridized carbons (Fsp3) is 0.385. The second-order valence-electron chi connectivity index (χ2n) is 4.16. The number of H-pyrrole nitrogens is 1. The fourth-order valence-corrected chi connectivity index (χ4v) is 2.11. The predicted molar refractivity (Wildman–Crippen MR) is 67.3 cm³/mol. The molecule has 2 heterocycles. The summed E-state index contributed by atoms with van der Waals surface area (Å²) in [5.74, 6) is 0.995. The molecule has 1 atom stereocenters. The molecule has 0 aromatic carbocycles. The van der Waals surface area contributed by atoms with Crippen LogP contribution in [0.3, 0.4) is 0 Å². The summed E-state index contributed by atoms with van der Waals surface area (Å²) >= 11 is 0. The first-order valence-corrected chi connectivity index (χ1v) is 5.89. The predicted octanol–water partition coefficient (Wildman–Crippen LogP) is 2.39. The number of hydrogen-bond acceptors (Lipinski definition) is 3. The zero-order chi connectivity index (χ0) is 12.1. The van der Waals surface area contributed by atoms with Crippen LogP contribution in [0, 0.1) is 0 Å². The van der Waals surface area contributed by atoms with Gasteiger partial charge in [-0.2, -0.15) is 0 Å². The average Bonchev–Trinajstić information content (AvgIpc) is 2.84. The molecule has 0 radical (unpaired) electrons. The van der Waals surface area contributed by atoms with E-state index in [1.165, 1.54) is 5.56 Å². The third kappa shape index (κ3) is 2.91. The lowest BCUT2D eigenvalue weighted by Crippen LogP contribution is -2.24. The summed E-state index contributed by atoms with van der Waals surface area (Å²) in [6.07, 6.45) is 8.45. The van der Waals surface area contributed by atoms with E-state index in [1.807, 2.05) is 24.7 Å². The van der Waals surface area contributed by atoms with E-state index in [0.29, 0.717) is 6.04 Å². The summed E-state index contributed by atoms with van der Waals surface area (Å²) in [5, 5.41) is 0. The summed E-state index contributed by atoms with van der Waals surface area (Å²) in [4.78, 5) is 13.9. The number of rotatable bonds is 5. The van der Waals surface area contributed by atoms with Crippen LogP contribution < -0.4 is 0 Å². The summed E-state index contributed by atoms with van der Waals surface area (Å²) < 4.78 is 0. The molecule has 1 N–H and O–H groups in total. The number of imidazole rings is 1. The molecule has 0 saturated heterocycles. The molecular weight excluding hydrogens is 212 g/mol. The molecule has 0 fully saturated rings. The molecule has 0 spiro atoms. The number of aromatic amines is 1. The maximum atomic E-state index is 4.25. The molecule has 17 heavy (non-hydrogen) atoms. The molecule has 0 aliphatic carbocycles. The van der Waals surface area contributed by atoms with E-state index in [0.717, 1.165) is 18.8 Å². The van der Waals surface area contributed by atoms with Crippen molar-refractivity contribution in [2.75, 3.05) is 7.05 Å². The van der Waals surface area contributed by atoms with Gasteiger partial charge >= 0.3 is 0 Å².